The van der Waals surface area contributed by atoms with Gasteiger partial charge >= 0.3 is 5.97 Å². The van der Waals surface area contributed by atoms with Crippen LogP contribution in [0.15, 0.2) is 65.3 Å². The largest absolute Gasteiger partial charge is 0.488 e. The predicted molar refractivity (Wildman–Crippen MR) is 107 cm³/mol. The first-order chi connectivity index (χ1) is 14.8. The summed E-state index contributed by atoms with van der Waals surface area (Å²) in [6.07, 6.45) is 0. The summed E-state index contributed by atoms with van der Waals surface area (Å²) < 4.78 is 43.5. The van der Waals surface area contributed by atoms with Gasteiger partial charge in [-0.25, -0.2) is 13.6 Å². The van der Waals surface area contributed by atoms with Crippen molar-refractivity contribution in [2.75, 3.05) is 6.61 Å². The molecule has 0 aliphatic carbocycles. The third-order valence-electron chi connectivity index (χ3n) is 4.70. The average molecular weight is 426 g/mol. The number of ether oxygens (including phenoxy) is 3. The highest BCUT2D eigenvalue weighted by Gasteiger charge is 2.38. The summed E-state index contributed by atoms with van der Waals surface area (Å²) >= 11 is 0. The Morgan fingerprint density at radius 1 is 1.19 bits per heavy atom. The molecule has 31 heavy (non-hydrogen) atoms. The van der Waals surface area contributed by atoms with E-state index in [1.807, 2.05) is 6.07 Å². The number of carbonyl (C=O) groups excluding carboxylic acids is 1. The fourth-order valence-corrected chi connectivity index (χ4v) is 3.28. The Morgan fingerprint density at radius 2 is 1.87 bits per heavy atom. The second-order valence-corrected chi connectivity index (χ2v) is 6.71. The molecule has 1 aliphatic heterocycles. The average Bonchev–Trinajstić information content (AvgIpc) is 2.73. The third-order valence-corrected chi connectivity index (χ3v) is 4.70. The molecule has 1 aliphatic rings. The molecule has 8 heteroatoms. The maximum absolute atomic E-state index is 14.0. The standard InChI is InChI=1S/C23H20F2N2O4/c1-3-29-23(28)20-13(2)31-22(27)18(11-26)21(20)17-9-8-16(25)10-19(17)30-12-14-4-6-15(24)7-5-14/h4-10,21H,3,12,27H2,1-2H3. The number of rotatable bonds is 6. The molecule has 0 amide bonds. The lowest BCUT2D eigenvalue weighted by atomic mass is 9.82. The summed E-state index contributed by atoms with van der Waals surface area (Å²) in [7, 11) is 0. The van der Waals surface area contributed by atoms with Crippen molar-refractivity contribution in [1.82, 2.24) is 0 Å². The first-order valence-electron chi connectivity index (χ1n) is 9.47. The van der Waals surface area contributed by atoms with Gasteiger partial charge in [0.15, 0.2) is 0 Å². The van der Waals surface area contributed by atoms with Gasteiger partial charge in [0, 0.05) is 11.6 Å². The van der Waals surface area contributed by atoms with E-state index in [1.54, 1.807) is 6.92 Å². The molecule has 6 nitrogen and oxygen atoms in total. The van der Waals surface area contributed by atoms with Crippen LogP contribution in [0.25, 0.3) is 0 Å². The summed E-state index contributed by atoms with van der Waals surface area (Å²) in [6.45, 7) is 3.30. The summed E-state index contributed by atoms with van der Waals surface area (Å²) in [4.78, 5) is 12.7. The van der Waals surface area contributed by atoms with Crippen molar-refractivity contribution in [2.45, 2.75) is 26.4 Å². The topological polar surface area (TPSA) is 94.6 Å². The van der Waals surface area contributed by atoms with Gasteiger partial charge in [-0.05, 0) is 37.6 Å². The second kappa shape index (κ2) is 9.30. The van der Waals surface area contributed by atoms with Crippen LogP contribution in [-0.2, 0) is 20.9 Å². The first kappa shape index (κ1) is 21.8. The van der Waals surface area contributed by atoms with Gasteiger partial charge in [0.2, 0.25) is 5.88 Å². The summed E-state index contributed by atoms with van der Waals surface area (Å²) in [5, 5.41) is 9.70. The van der Waals surface area contributed by atoms with Crippen LogP contribution in [0, 0.1) is 23.0 Å². The van der Waals surface area contributed by atoms with E-state index in [9.17, 15) is 18.8 Å². The molecular formula is C23H20F2N2O4. The van der Waals surface area contributed by atoms with Crippen LogP contribution < -0.4 is 10.5 Å². The number of hydrogen-bond donors (Lipinski definition) is 1. The van der Waals surface area contributed by atoms with Crippen LogP contribution in [0.3, 0.4) is 0 Å². The molecule has 0 radical (unpaired) electrons. The fourth-order valence-electron chi connectivity index (χ4n) is 3.28. The van der Waals surface area contributed by atoms with E-state index in [0.29, 0.717) is 11.1 Å². The van der Waals surface area contributed by atoms with Crippen LogP contribution in [0.1, 0.15) is 30.9 Å². The van der Waals surface area contributed by atoms with Gasteiger partial charge in [0.05, 0.1) is 18.1 Å². The molecule has 0 saturated heterocycles. The lowest BCUT2D eigenvalue weighted by Gasteiger charge is -2.28. The Bertz CT molecular complexity index is 1100. The van der Waals surface area contributed by atoms with Crippen LogP contribution in [0.5, 0.6) is 5.75 Å². The van der Waals surface area contributed by atoms with Crippen molar-refractivity contribution >= 4 is 5.97 Å². The maximum Gasteiger partial charge on any atom is 0.338 e. The van der Waals surface area contributed by atoms with Crippen molar-refractivity contribution in [3.63, 3.8) is 0 Å². The zero-order chi connectivity index (χ0) is 22.5. The highest BCUT2D eigenvalue weighted by molar-refractivity contribution is 5.92. The second-order valence-electron chi connectivity index (χ2n) is 6.71. The van der Waals surface area contributed by atoms with Crippen LogP contribution in [0.2, 0.25) is 0 Å². The normalized spacial score (nSPS) is 15.9. The van der Waals surface area contributed by atoms with Crippen molar-refractivity contribution in [3.8, 4) is 11.8 Å². The van der Waals surface area contributed by atoms with Gasteiger partial charge in [-0.15, -0.1) is 0 Å². The molecule has 0 spiro atoms. The number of benzene rings is 2. The number of halogens is 2. The summed E-state index contributed by atoms with van der Waals surface area (Å²) in [5.41, 5.74) is 6.95. The molecule has 1 unspecified atom stereocenters. The van der Waals surface area contributed by atoms with E-state index >= 15 is 0 Å². The minimum absolute atomic E-state index is 0.0124. The van der Waals surface area contributed by atoms with Gasteiger partial charge < -0.3 is 19.9 Å². The number of esters is 1. The maximum atomic E-state index is 14.0. The van der Waals surface area contributed by atoms with Crippen LogP contribution in [-0.4, -0.2) is 12.6 Å². The molecule has 0 fully saturated rings. The minimum Gasteiger partial charge on any atom is -0.488 e. The number of nitrogens with zero attached hydrogens (tertiary/aromatic N) is 1. The summed E-state index contributed by atoms with van der Waals surface area (Å²) in [5.74, 6) is -2.50. The number of allylic oxidation sites excluding steroid dienone is 2. The van der Waals surface area contributed by atoms with E-state index in [-0.39, 0.29) is 41.8 Å². The highest BCUT2D eigenvalue weighted by atomic mass is 19.1. The highest BCUT2D eigenvalue weighted by Crippen LogP contribution is 2.43. The van der Waals surface area contributed by atoms with E-state index < -0.39 is 23.5 Å². The van der Waals surface area contributed by atoms with Crippen molar-refractivity contribution < 1.29 is 27.8 Å². The van der Waals surface area contributed by atoms with E-state index in [4.69, 9.17) is 19.9 Å². The minimum atomic E-state index is -0.971. The predicted octanol–water partition coefficient (Wildman–Crippen LogP) is 4.19. The number of carbonyl (C=O) groups is 1. The van der Waals surface area contributed by atoms with E-state index in [2.05, 4.69) is 0 Å². The number of hydrogen-bond acceptors (Lipinski definition) is 6. The Morgan fingerprint density at radius 3 is 2.52 bits per heavy atom. The third kappa shape index (κ3) is 4.67. The van der Waals surface area contributed by atoms with E-state index in [0.717, 1.165) is 6.07 Å². The SMILES string of the molecule is CCOC(=O)C1=C(C)OC(N)=C(C#N)C1c1ccc(F)cc1OCc1ccc(F)cc1. The molecular weight excluding hydrogens is 406 g/mol. The molecule has 0 bridgehead atoms. The zero-order valence-corrected chi connectivity index (χ0v) is 16.9. The molecule has 0 saturated carbocycles. The Kier molecular flexibility index (Phi) is 6.55. The van der Waals surface area contributed by atoms with Crippen LogP contribution >= 0.6 is 0 Å². The van der Waals surface area contributed by atoms with Crippen molar-refractivity contribution in [2.24, 2.45) is 5.73 Å². The number of nitrogens with two attached hydrogens (primary N) is 1. The zero-order valence-electron chi connectivity index (χ0n) is 16.9. The molecule has 2 aromatic rings. The Labute approximate surface area is 178 Å². The number of nitriles is 1. The fraction of sp³-hybridized carbons (Fsp3) is 0.217. The van der Waals surface area contributed by atoms with Gasteiger partial charge in [0.1, 0.15) is 41.4 Å². The molecule has 0 aromatic heterocycles. The first-order valence-corrected chi connectivity index (χ1v) is 9.47. The summed E-state index contributed by atoms with van der Waals surface area (Å²) in [6, 6.07) is 11.4. The van der Waals surface area contributed by atoms with Crippen molar-refractivity contribution in [1.29, 1.82) is 5.26 Å². The molecule has 1 atom stereocenters. The van der Waals surface area contributed by atoms with Gasteiger partial charge in [0.25, 0.3) is 0 Å². The van der Waals surface area contributed by atoms with Gasteiger partial charge in [-0.2, -0.15) is 5.26 Å². The lowest BCUT2D eigenvalue weighted by Crippen LogP contribution is -2.26. The molecule has 2 aromatic carbocycles. The van der Waals surface area contributed by atoms with Gasteiger partial charge in [-0.1, -0.05) is 18.2 Å². The monoisotopic (exact) mass is 426 g/mol. The van der Waals surface area contributed by atoms with Crippen molar-refractivity contribution in [3.05, 3.63) is 88.0 Å². The molecule has 1 heterocycles. The Balaban J connectivity index is 2.07. The van der Waals surface area contributed by atoms with Gasteiger partial charge in [-0.3, -0.25) is 0 Å². The molecule has 2 N–H and O–H groups in total. The molecule has 3 rings (SSSR count). The smallest absolute Gasteiger partial charge is 0.338 e. The quantitative estimate of drug-likeness (QED) is 0.696. The Hall–Kier alpha value is -3.86. The molecule has 160 valence electrons. The van der Waals surface area contributed by atoms with E-state index in [1.165, 1.54) is 43.3 Å². The van der Waals surface area contributed by atoms with Crippen LogP contribution in [0.4, 0.5) is 8.78 Å². The lowest BCUT2D eigenvalue weighted by molar-refractivity contribution is -0.139.